The van der Waals surface area contributed by atoms with Crippen molar-refractivity contribution < 1.29 is 5.11 Å². The molecule has 1 heterocycles. The molecule has 0 amide bonds. The molecular weight excluding hydrogens is 260 g/mol. The van der Waals surface area contributed by atoms with E-state index in [4.69, 9.17) is 5.73 Å². The van der Waals surface area contributed by atoms with Gasteiger partial charge in [-0.1, -0.05) is 31.2 Å². The molecule has 0 fully saturated rings. The van der Waals surface area contributed by atoms with Gasteiger partial charge < -0.3 is 10.8 Å². The van der Waals surface area contributed by atoms with Crippen molar-refractivity contribution in [2.75, 3.05) is 12.3 Å². The first-order valence-corrected chi connectivity index (χ1v) is 7.58. The zero-order valence-electron chi connectivity index (χ0n) is 12.4. The fourth-order valence-electron chi connectivity index (χ4n) is 3.33. The van der Waals surface area contributed by atoms with Crippen molar-refractivity contribution >= 4 is 5.69 Å². The maximum absolute atomic E-state index is 9.45. The largest absolute Gasteiger partial charge is 0.508 e. The Kier molecular flexibility index (Phi) is 3.84. The molecule has 0 aromatic heterocycles. The minimum atomic E-state index is 0.324. The van der Waals surface area contributed by atoms with Gasteiger partial charge in [0.1, 0.15) is 5.75 Å². The maximum Gasteiger partial charge on any atom is 0.115 e. The third kappa shape index (κ3) is 2.74. The van der Waals surface area contributed by atoms with Gasteiger partial charge in [0.05, 0.1) is 0 Å². The van der Waals surface area contributed by atoms with Crippen LogP contribution < -0.4 is 5.73 Å². The average molecular weight is 282 g/mol. The normalized spacial score (nSPS) is 16.4. The summed E-state index contributed by atoms with van der Waals surface area (Å²) in [6, 6.07) is 14.2. The molecule has 2 aromatic carbocycles. The third-order valence-corrected chi connectivity index (χ3v) is 4.44. The van der Waals surface area contributed by atoms with Gasteiger partial charge in [0.2, 0.25) is 0 Å². The predicted molar refractivity (Wildman–Crippen MR) is 86.1 cm³/mol. The summed E-state index contributed by atoms with van der Waals surface area (Å²) in [4.78, 5) is 2.51. The summed E-state index contributed by atoms with van der Waals surface area (Å²) in [5.41, 5.74) is 10.9. The number of aromatic hydroxyl groups is 1. The van der Waals surface area contributed by atoms with Gasteiger partial charge in [0.15, 0.2) is 0 Å². The lowest BCUT2D eigenvalue weighted by atomic mass is 9.94. The number of phenols is 1. The van der Waals surface area contributed by atoms with Gasteiger partial charge in [-0.3, -0.25) is 4.90 Å². The van der Waals surface area contributed by atoms with Crippen molar-refractivity contribution in [3.05, 3.63) is 59.2 Å². The molecular formula is C18H22N2O. The second-order valence-corrected chi connectivity index (χ2v) is 5.72. The quantitative estimate of drug-likeness (QED) is 0.847. The van der Waals surface area contributed by atoms with Gasteiger partial charge in [-0.15, -0.1) is 0 Å². The van der Waals surface area contributed by atoms with Crippen molar-refractivity contribution in [3.63, 3.8) is 0 Å². The number of fused-ring (bicyclic) bond motifs is 1. The Labute approximate surface area is 126 Å². The molecule has 0 aliphatic carbocycles. The first-order chi connectivity index (χ1) is 10.2. The van der Waals surface area contributed by atoms with E-state index in [0.29, 0.717) is 11.8 Å². The van der Waals surface area contributed by atoms with Crippen LogP contribution in [0.25, 0.3) is 0 Å². The number of phenolic OH excluding ortho intramolecular Hbond substituents is 1. The van der Waals surface area contributed by atoms with E-state index >= 15 is 0 Å². The van der Waals surface area contributed by atoms with E-state index < -0.39 is 0 Å². The van der Waals surface area contributed by atoms with Crippen molar-refractivity contribution in [1.29, 1.82) is 0 Å². The molecule has 2 aromatic rings. The van der Waals surface area contributed by atoms with E-state index in [1.165, 1.54) is 16.7 Å². The highest BCUT2D eigenvalue weighted by Gasteiger charge is 2.24. The SMILES string of the molecule is CCC(c1ccc(O)cc1)N1CCc2c(N)cccc2C1. The molecule has 0 spiro atoms. The number of benzene rings is 2. The molecule has 0 bridgehead atoms. The second kappa shape index (κ2) is 5.78. The van der Waals surface area contributed by atoms with Crippen molar-refractivity contribution in [2.24, 2.45) is 0 Å². The van der Waals surface area contributed by atoms with E-state index in [1.807, 2.05) is 24.3 Å². The van der Waals surface area contributed by atoms with Gasteiger partial charge in [0.25, 0.3) is 0 Å². The Morgan fingerprint density at radius 2 is 1.95 bits per heavy atom. The Balaban J connectivity index is 1.85. The summed E-state index contributed by atoms with van der Waals surface area (Å²) in [5.74, 6) is 0.324. The minimum Gasteiger partial charge on any atom is -0.508 e. The highest BCUT2D eigenvalue weighted by molar-refractivity contribution is 5.52. The van der Waals surface area contributed by atoms with E-state index in [1.54, 1.807) is 12.1 Å². The van der Waals surface area contributed by atoms with E-state index in [-0.39, 0.29) is 0 Å². The van der Waals surface area contributed by atoms with Crippen LogP contribution in [0, 0.1) is 0 Å². The number of anilines is 1. The Bertz CT molecular complexity index is 622. The highest BCUT2D eigenvalue weighted by Crippen LogP contribution is 2.32. The van der Waals surface area contributed by atoms with Crippen LogP contribution in [0.4, 0.5) is 5.69 Å². The van der Waals surface area contributed by atoms with Crippen LogP contribution in [0.3, 0.4) is 0 Å². The fourth-order valence-corrected chi connectivity index (χ4v) is 3.33. The van der Waals surface area contributed by atoms with Crippen LogP contribution in [0.1, 0.15) is 36.1 Å². The molecule has 1 aliphatic heterocycles. The summed E-state index contributed by atoms with van der Waals surface area (Å²) in [6.45, 7) is 4.19. The minimum absolute atomic E-state index is 0.324. The van der Waals surface area contributed by atoms with Crippen LogP contribution in [-0.4, -0.2) is 16.6 Å². The zero-order valence-corrected chi connectivity index (χ0v) is 12.4. The molecule has 1 atom stereocenters. The molecule has 1 aliphatic rings. The van der Waals surface area contributed by atoms with Crippen LogP contribution in [0.15, 0.2) is 42.5 Å². The van der Waals surface area contributed by atoms with Crippen LogP contribution in [0.2, 0.25) is 0 Å². The van der Waals surface area contributed by atoms with Crippen molar-refractivity contribution in [3.8, 4) is 5.75 Å². The number of hydrogen-bond donors (Lipinski definition) is 2. The smallest absolute Gasteiger partial charge is 0.115 e. The van der Waals surface area contributed by atoms with Gasteiger partial charge in [-0.2, -0.15) is 0 Å². The Morgan fingerprint density at radius 3 is 2.67 bits per heavy atom. The Morgan fingerprint density at radius 1 is 1.19 bits per heavy atom. The molecule has 3 N–H and O–H groups in total. The topological polar surface area (TPSA) is 49.5 Å². The third-order valence-electron chi connectivity index (χ3n) is 4.44. The zero-order chi connectivity index (χ0) is 14.8. The molecule has 0 radical (unpaired) electrons. The lowest BCUT2D eigenvalue weighted by Gasteiger charge is -2.36. The molecule has 21 heavy (non-hydrogen) atoms. The molecule has 0 saturated heterocycles. The lowest BCUT2D eigenvalue weighted by Crippen LogP contribution is -2.34. The molecule has 0 saturated carbocycles. The predicted octanol–water partition coefficient (Wildman–Crippen LogP) is 3.48. The molecule has 3 rings (SSSR count). The van der Waals surface area contributed by atoms with E-state index in [0.717, 1.165) is 31.6 Å². The second-order valence-electron chi connectivity index (χ2n) is 5.72. The molecule has 3 nitrogen and oxygen atoms in total. The fraction of sp³-hybridized carbons (Fsp3) is 0.333. The molecule has 1 unspecified atom stereocenters. The maximum atomic E-state index is 9.45. The highest BCUT2D eigenvalue weighted by atomic mass is 16.3. The van der Waals surface area contributed by atoms with E-state index in [2.05, 4.69) is 17.9 Å². The Hall–Kier alpha value is -2.00. The van der Waals surface area contributed by atoms with Gasteiger partial charge in [0, 0.05) is 24.8 Å². The summed E-state index contributed by atoms with van der Waals surface area (Å²) in [6.07, 6.45) is 2.07. The van der Waals surface area contributed by atoms with E-state index in [9.17, 15) is 5.11 Å². The van der Waals surface area contributed by atoms with Gasteiger partial charge >= 0.3 is 0 Å². The first-order valence-electron chi connectivity index (χ1n) is 7.58. The number of nitrogen functional groups attached to an aromatic ring is 1. The standard InChI is InChI=1S/C18H22N2O/c1-2-18(13-6-8-15(21)9-7-13)20-11-10-16-14(12-20)4-3-5-17(16)19/h3-9,18,21H,2,10-12,19H2,1H3. The number of nitrogens with zero attached hydrogens (tertiary/aromatic N) is 1. The van der Waals surface area contributed by atoms with Crippen LogP contribution in [0.5, 0.6) is 5.75 Å². The number of nitrogens with two attached hydrogens (primary N) is 1. The number of rotatable bonds is 3. The summed E-state index contributed by atoms with van der Waals surface area (Å²) in [5, 5.41) is 9.45. The first kappa shape index (κ1) is 14.0. The summed E-state index contributed by atoms with van der Waals surface area (Å²) >= 11 is 0. The molecule has 110 valence electrons. The summed E-state index contributed by atoms with van der Waals surface area (Å²) < 4.78 is 0. The number of hydrogen-bond acceptors (Lipinski definition) is 3. The average Bonchev–Trinajstić information content (AvgIpc) is 2.50. The molecule has 3 heteroatoms. The van der Waals surface area contributed by atoms with Crippen molar-refractivity contribution in [1.82, 2.24) is 4.90 Å². The lowest BCUT2D eigenvalue weighted by molar-refractivity contribution is 0.174. The summed E-state index contributed by atoms with van der Waals surface area (Å²) in [7, 11) is 0. The van der Waals surface area contributed by atoms with Gasteiger partial charge in [-0.25, -0.2) is 0 Å². The monoisotopic (exact) mass is 282 g/mol. The van der Waals surface area contributed by atoms with Crippen LogP contribution in [-0.2, 0) is 13.0 Å². The van der Waals surface area contributed by atoms with Gasteiger partial charge in [-0.05, 0) is 47.7 Å². The van der Waals surface area contributed by atoms with Crippen LogP contribution >= 0.6 is 0 Å². The van der Waals surface area contributed by atoms with Crippen molar-refractivity contribution in [2.45, 2.75) is 32.4 Å².